The van der Waals surface area contributed by atoms with Crippen molar-refractivity contribution in [3.8, 4) is 0 Å². The number of benzene rings is 1. The number of anilines is 1. The van der Waals surface area contributed by atoms with Crippen LogP contribution in [-0.2, 0) is 0 Å². The van der Waals surface area contributed by atoms with Crippen LogP contribution >= 0.6 is 11.3 Å². The number of aromatic nitrogens is 1. The summed E-state index contributed by atoms with van der Waals surface area (Å²) in [5.41, 5.74) is 2.04. The zero-order chi connectivity index (χ0) is 14.9. The van der Waals surface area contributed by atoms with Crippen LogP contribution in [0.5, 0.6) is 0 Å². The molecule has 2 N–H and O–H groups in total. The molecule has 0 unspecified atom stereocenters. The van der Waals surface area contributed by atoms with E-state index in [1.807, 2.05) is 6.07 Å². The second-order valence-corrected chi connectivity index (χ2v) is 6.43. The highest BCUT2D eigenvalue weighted by Gasteiger charge is 2.34. The van der Waals surface area contributed by atoms with E-state index < -0.39 is 10.5 Å². The van der Waals surface area contributed by atoms with Crippen molar-refractivity contribution in [1.29, 1.82) is 0 Å². The van der Waals surface area contributed by atoms with E-state index >= 15 is 0 Å². The Morgan fingerprint density at radius 3 is 2.81 bits per heavy atom. The summed E-state index contributed by atoms with van der Waals surface area (Å²) >= 11 is 1.39. The third kappa shape index (κ3) is 2.58. The van der Waals surface area contributed by atoms with Crippen molar-refractivity contribution in [2.75, 3.05) is 11.9 Å². The summed E-state index contributed by atoms with van der Waals surface area (Å²) in [6.07, 6.45) is 4.86. The lowest BCUT2D eigenvalue weighted by Crippen LogP contribution is -2.44. The van der Waals surface area contributed by atoms with Crippen molar-refractivity contribution in [2.45, 2.75) is 37.6 Å². The van der Waals surface area contributed by atoms with Gasteiger partial charge in [-0.1, -0.05) is 19.3 Å². The van der Waals surface area contributed by atoms with Crippen LogP contribution in [0.25, 0.3) is 10.2 Å². The van der Waals surface area contributed by atoms with Gasteiger partial charge < -0.3 is 10.4 Å². The minimum absolute atomic E-state index is 0.00662. The number of aliphatic hydroxyl groups excluding tert-OH is 1. The van der Waals surface area contributed by atoms with Crippen LogP contribution in [0.1, 0.15) is 32.1 Å². The van der Waals surface area contributed by atoms with E-state index in [9.17, 15) is 15.2 Å². The fraction of sp³-hybridized carbons (Fsp3) is 0.500. The highest BCUT2D eigenvalue weighted by Crippen LogP contribution is 2.38. The van der Waals surface area contributed by atoms with Gasteiger partial charge in [0.2, 0.25) is 0 Å². The first-order valence-corrected chi connectivity index (χ1v) is 7.93. The zero-order valence-corrected chi connectivity index (χ0v) is 12.4. The van der Waals surface area contributed by atoms with Gasteiger partial charge in [-0.15, -0.1) is 11.3 Å². The topological polar surface area (TPSA) is 88.3 Å². The maximum Gasteiger partial charge on any atom is 0.319 e. The molecule has 0 atom stereocenters. The smallest absolute Gasteiger partial charge is 0.319 e. The van der Waals surface area contributed by atoms with Crippen molar-refractivity contribution in [3.05, 3.63) is 27.8 Å². The first kappa shape index (κ1) is 14.2. The number of nitrogens with one attached hydrogen (secondary N) is 1. The molecule has 0 aliphatic heterocycles. The molecule has 1 aliphatic carbocycles. The molecule has 1 aromatic heterocycles. The van der Waals surface area contributed by atoms with E-state index in [-0.39, 0.29) is 12.3 Å². The van der Waals surface area contributed by atoms with Crippen LogP contribution < -0.4 is 5.32 Å². The molecule has 0 amide bonds. The first-order chi connectivity index (χ1) is 10.2. The van der Waals surface area contributed by atoms with Gasteiger partial charge in [0.1, 0.15) is 5.69 Å². The zero-order valence-electron chi connectivity index (χ0n) is 11.5. The summed E-state index contributed by atoms with van der Waals surface area (Å²) in [4.78, 5) is 15.2. The summed E-state index contributed by atoms with van der Waals surface area (Å²) in [7, 11) is 0. The number of aliphatic hydroxyl groups is 1. The maximum absolute atomic E-state index is 11.4. The third-order valence-electron chi connectivity index (χ3n) is 4.17. The standard InChI is InChI=1S/C14H17N3O3S/c18-8-14(6-2-1-3-7-14)16-10-4-5-11-12(15-9-21-11)13(10)17(19)20/h4-5,9,16,18H,1-3,6-8H2. The van der Waals surface area contributed by atoms with Gasteiger partial charge in [0.25, 0.3) is 0 Å². The Kier molecular flexibility index (Phi) is 3.77. The van der Waals surface area contributed by atoms with E-state index in [0.29, 0.717) is 11.2 Å². The lowest BCUT2D eigenvalue weighted by Gasteiger charge is -2.37. The van der Waals surface area contributed by atoms with Crippen molar-refractivity contribution in [2.24, 2.45) is 0 Å². The largest absolute Gasteiger partial charge is 0.394 e. The second kappa shape index (κ2) is 5.57. The van der Waals surface area contributed by atoms with Gasteiger partial charge in [-0.2, -0.15) is 0 Å². The van der Waals surface area contributed by atoms with Gasteiger partial charge in [-0.3, -0.25) is 10.1 Å². The fourth-order valence-corrected chi connectivity index (χ4v) is 3.72. The van der Waals surface area contributed by atoms with Gasteiger partial charge in [-0.05, 0) is 25.0 Å². The summed E-state index contributed by atoms with van der Waals surface area (Å²) in [5, 5.41) is 24.4. The van der Waals surface area contributed by atoms with Crippen LogP contribution in [0.3, 0.4) is 0 Å². The van der Waals surface area contributed by atoms with Crippen LogP contribution in [-0.4, -0.2) is 27.2 Å². The molecular formula is C14H17N3O3S. The van der Waals surface area contributed by atoms with E-state index in [1.54, 1.807) is 11.6 Å². The number of hydrogen-bond acceptors (Lipinski definition) is 6. The average Bonchev–Trinajstić information content (AvgIpc) is 2.96. The Morgan fingerprint density at radius 1 is 1.38 bits per heavy atom. The first-order valence-electron chi connectivity index (χ1n) is 7.05. The van der Waals surface area contributed by atoms with Crippen LogP contribution in [0.4, 0.5) is 11.4 Å². The molecule has 1 aliphatic rings. The Bertz CT molecular complexity index is 665. The molecule has 3 rings (SSSR count). The third-order valence-corrected chi connectivity index (χ3v) is 4.97. The quantitative estimate of drug-likeness (QED) is 0.668. The minimum atomic E-state index is -0.452. The molecule has 1 saturated carbocycles. The van der Waals surface area contributed by atoms with Gasteiger partial charge in [0.15, 0.2) is 5.52 Å². The second-order valence-electron chi connectivity index (χ2n) is 5.54. The number of fused-ring (bicyclic) bond motifs is 1. The minimum Gasteiger partial charge on any atom is -0.394 e. The molecular weight excluding hydrogens is 290 g/mol. The molecule has 6 nitrogen and oxygen atoms in total. The summed E-state index contributed by atoms with van der Waals surface area (Å²) in [5.74, 6) is 0. The Labute approximate surface area is 126 Å². The van der Waals surface area contributed by atoms with Gasteiger partial charge in [0, 0.05) is 0 Å². The van der Waals surface area contributed by atoms with E-state index in [4.69, 9.17) is 0 Å². The van der Waals surface area contributed by atoms with Gasteiger partial charge >= 0.3 is 5.69 Å². The molecule has 0 spiro atoms. The van der Waals surface area contributed by atoms with Crippen LogP contribution in [0.2, 0.25) is 0 Å². The number of hydrogen-bond donors (Lipinski definition) is 2. The van der Waals surface area contributed by atoms with Crippen LogP contribution in [0.15, 0.2) is 17.6 Å². The van der Waals surface area contributed by atoms with Crippen molar-refractivity contribution in [1.82, 2.24) is 4.98 Å². The molecule has 1 heterocycles. The number of nitro benzene ring substituents is 1. The van der Waals surface area contributed by atoms with Crippen molar-refractivity contribution < 1.29 is 10.0 Å². The normalized spacial score (nSPS) is 17.8. The highest BCUT2D eigenvalue weighted by molar-refractivity contribution is 7.16. The predicted molar refractivity (Wildman–Crippen MR) is 82.8 cm³/mol. The van der Waals surface area contributed by atoms with Gasteiger partial charge in [-0.25, -0.2) is 4.98 Å². The lowest BCUT2D eigenvalue weighted by atomic mass is 9.82. The van der Waals surface area contributed by atoms with Crippen molar-refractivity contribution >= 4 is 32.9 Å². The highest BCUT2D eigenvalue weighted by atomic mass is 32.1. The molecule has 2 aromatic rings. The van der Waals surface area contributed by atoms with Gasteiger partial charge in [0.05, 0.1) is 27.3 Å². The van der Waals surface area contributed by atoms with E-state index in [2.05, 4.69) is 10.3 Å². The Morgan fingerprint density at radius 2 is 2.14 bits per heavy atom. The molecule has 0 saturated heterocycles. The summed E-state index contributed by atoms with van der Waals surface area (Å²) < 4.78 is 0.800. The number of rotatable bonds is 4. The summed E-state index contributed by atoms with van der Waals surface area (Å²) in [6.45, 7) is -0.0146. The molecule has 1 fully saturated rings. The molecule has 1 aromatic carbocycles. The van der Waals surface area contributed by atoms with Crippen LogP contribution in [0, 0.1) is 10.1 Å². The Balaban J connectivity index is 2.03. The molecule has 21 heavy (non-hydrogen) atoms. The number of nitro groups is 1. The fourth-order valence-electron chi connectivity index (χ4n) is 3.04. The SMILES string of the molecule is O=[N+]([O-])c1c(NC2(CO)CCCCC2)ccc2scnc12. The maximum atomic E-state index is 11.4. The average molecular weight is 307 g/mol. The number of thiazole rings is 1. The van der Waals surface area contributed by atoms with E-state index in [1.165, 1.54) is 11.3 Å². The molecule has 112 valence electrons. The van der Waals surface area contributed by atoms with Crippen molar-refractivity contribution in [3.63, 3.8) is 0 Å². The predicted octanol–water partition coefficient (Wildman–Crippen LogP) is 3.31. The number of nitrogens with zero attached hydrogens (tertiary/aromatic N) is 2. The summed E-state index contributed by atoms with van der Waals surface area (Å²) in [6, 6.07) is 3.57. The molecule has 0 radical (unpaired) electrons. The monoisotopic (exact) mass is 307 g/mol. The lowest BCUT2D eigenvalue weighted by molar-refractivity contribution is -0.382. The van der Waals surface area contributed by atoms with E-state index in [0.717, 1.165) is 36.8 Å². The molecule has 7 heteroatoms. The molecule has 0 bridgehead atoms. The Hall–Kier alpha value is -1.73.